The average molecular weight is 578 g/mol. The van der Waals surface area contributed by atoms with Gasteiger partial charge in [0.25, 0.3) is 0 Å². The van der Waals surface area contributed by atoms with Gasteiger partial charge >= 0.3 is 38.3 Å². The fourth-order valence-corrected chi connectivity index (χ4v) is 2.94. The Hall–Kier alpha value is -1.05. The minimum absolute atomic E-state index is 0. The molecule has 1 fully saturated rings. The number of carbonyl (C=O) groups is 4. The summed E-state index contributed by atoms with van der Waals surface area (Å²) < 4.78 is 0. The molecule has 0 N–H and O–H groups in total. The smallest absolute Gasteiger partial charge is 0.549 e. The first-order chi connectivity index (χ1) is 13.2. The average Bonchev–Trinajstić information content (AvgIpc) is 2.55. The zero-order valence-corrected chi connectivity index (χ0v) is 17.5. The molecule has 0 atom stereocenters. The Morgan fingerprint density at radius 1 is 0.483 bits per heavy atom. The zero-order chi connectivity index (χ0) is 21.1. The van der Waals surface area contributed by atoms with Crippen LogP contribution in [-0.4, -0.2) is 122 Å². The molecule has 0 aromatic rings. The van der Waals surface area contributed by atoms with Crippen molar-refractivity contribution in [2.75, 3.05) is 78.5 Å². The fourth-order valence-electron chi connectivity index (χ4n) is 2.94. The standard InChI is InChI=1S/C16H28N4O8.Lu/c21-13(22)9-17-1-2-18(10-14(23)24)5-6-20(12-16(27)28)8-7-19(4-3-17)11-15(25)26;/h1-12H2,(H,21,22)(H,23,24)(H,25,26)(H,27,28);/q;+3/p-3/i;1+2. The SMILES string of the molecule is O=C([O-])CN1CCN(CC(=O)[O-])CCN(CC(=O)[O-])CCN(CC(=O)[O-])CC1.[177Lu+3].[H+]. The van der Waals surface area contributed by atoms with Crippen molar-refractivity contribution < 1.29 is 77.9 Å². The molecular weight excluding hydrogens is 553 g/mol. The zero-order valence-electron chi connectivity index (χ0n) is 16.8. The minimum atomic E-state index is -1.30. The van der Waals surface area contributed by atoms with Gasteiger partial charge < -0.3 is 39.6 Å². The fraction of sp³-hybridized carbons (Fsp3) is 0.750. The molecule has 1 heterocycles. The van der Waals surface area contributed by atoms with Gasteiger partial charge in [-0.25, -0.2) is 0 Å². The molecule has 12 nitrogen and oxygen atoms in total. The molecule has 29 heavy (non-hydrogen) atoms. The third-order valence-electron chi connectivity index (χ3n) is 4.34. The Bertz CT molecular complexity index is 459. The third-order valence-corrected chi connectivity index (χ3v) is 4.34. The molecule has 0 aromatic heterocycles. The van der Waals surface area contributed by atoms with Crippen LogP contribution in [-0.2, 0) is 19.2 Å². The minimum Gasteiger partial charge on any atom is -0.549 e. The van der Waals surface area contributed by atoms with E-state index < -0.39 is 23.9 Å². The van der Waals surface area contributed by atoms with Crippen LogP contribution >= 0.6 is 0 Å². The topological polar surface area (TPSA) is 173 Å². The van der Waals surface area contributed by atoms with Crippen molar-refractivity contribution in [3.05, 3.63) is 0 Å². The van der Waals surface area contributed by atoms with Crippen LogP contribution in [0.15, 0.2) is 0 Å². The Balaban J connectivity index is 0. The predicted octanol–water partition coefficient (Wildman–Crippen LogP) is -7.68. The van der Waals surface area contributed by atoms with Crippen molar-refractivity contribution >= 4 is 23.9 Å². The first kappa shape index (κ1) is 28.0. The molecule has 13 heteroatoms. The molecular formula is C16H25LuN4O8. The summed E-state index contributed by atoms with van der Waals surface area (Å²) in [4.78, 5) is 49.9. The number of carboxylic acids is 4. The van der Waals surface area contributed by atoms with Crippen LogP contribution in [0.1, 0.15) is 1.43 Å². The molecule has 0 saturated carbocycles. The first-order valence-corrected chi connectivity index (χ1v) is 8.84. The maximum absolute atomic E-state index is 11.0. The van der Waals surface area contributed by atoms with E-state index in [0.717, 1.165) is 0 Å². The molecule has 0 aliphatic carbocycles. The van der Waals surface area contributed by atoms with E-state index >= 15 is 0 Å². The second-order valence-corrected chi connectivity index (χ2v) is 6.59. The number of hydrogen-bond donors (Lipinski definition) is 0. The molecule has 1 saturated heterocycles. The predicted molar refractivity (Wildman–Crippen MR) is 86.9 cm³/mol. The van der Waals surface area contributed by atoms with E-state index in [1.807, 2.05) is 0 Å². The molecule has 0 spiro atoms. The Kier molecular flexibility index (Phi) is 14.3. The first-order valence-electron chi connectivity index (χ1n) is 8.84. The van der Waals surface area contributed by atoms with Gasteiger partial charge in [0, 0.05) is 78.5 Å². The van der Waals surface area contributed by atoms with Gasteiger partial charge in [-0.05, 0) is 0 Å². The summed E-state index contributed by atoms with van der Waals surface area (Å²) in [6, 6.07) is 0. The summed E-state index contributed by atoms with van der Waals surface area (Å²) in [5.74, 6) is -5.20. The summed E-state index contributed by atoms with van der Waals surface area (Å²) in [7, 11) is 0. The molecule has 0 bridgehead atoms. The summed E-state index contributed by atoms with van der Waals surface area (Å²) in [5.41, 5.74) is 0. The van der Waals surface area contributed by atoms with Crippen molar-refractivity contribution in [2.24, 2.45) is 0 Å². The summed E-state index contributed by atoms with van der Waals surface area (Å²) in [6.45, 7) is 0.155. The maximum atomic E-state index is 11.0. The summed E-state index contributed by atoms with van der Waals surface area (Å²) >= 11 is 0. The van der Waals surface area contributed by atoms with Crippen LogP contribution in [0.4, 0.5) is 0 Å². The van der Waals surface area contributed by atoms with Crippen molar-refractivity contribution in [1.29, 1.82) is 0 Å². The van der Waals surface area contributed by atoms with Gasteiger partial charge in [-0.2, -0.15) is 0 Å². The van der Waals surface area contributed by atoms with Gasteiger partial charge in [-0.15, -0.1) is 0 Å². The monoisotopic (exact) mass is 578 g/mol. The van der Waals surface area contributed by atoms with E-state index in [9.17, 15) is 39.6 Å². The Labute approximate surface area is 199 Å². The van der Waals surface area contributed by atoms with Crippen LogP contribution in [0.3, 0.4) is 0 Å². The van der Waals surface area contributed by atoms with E-state index in [2.05, 4.69) is 0 Å². The summed E-state index contributed by atoms with van der Waals surface area (Å²) in [6.07, 6.45) is 0. The maximum Gasteiger partial charge on any atom is 3.00 e. The molecule has 172 valence electrons. The number of aliphatic carboxylic acids is 4. The molecule has 0 aromatic carbocycles. The number of hydrogen-bond acceptors (Lipinski definition) is 12. The van der Waals surface area contributed by atoms with Crippen LogP contribution < -0.4 is 20.4 Å². The van der Waals surface area contributed by atoms with E-state index in [1.54, 1.807) is 0 Å². The Morgan fingerprint density at radius 2 is 0.621 bits per heavy atom. The van der Waals surface area contributed by atoms with E-state index in [1.165, 1.54) is 19.6 Å². The number of carbonyl (C=O) groups excluding carboxylic acids is 4. The van der Waals surface area contributed by atoms with Crippen molar-refractivity contribution in [2.45, 2.75) is 0 Å². The van der Waals surface area contributed by atoms with Gasteiger partial charge in [-0.3, -0.25) is 19.6 Å². The van der Waals surface area contributed by atoms with Crippen LogP contribution in [0.25, 0.3) is 0 Å². The second kappa shape index (κ2) is 14.9. The van der Waals surface area contributed by atoms with Crippen LogP contribution in [0.2, 0.25) is 0 Å². The van der Waals surface area contributed by atoms with E-state index in [-0.39, 0.29) is 117 Å². The van der Waals surface area contributed by atoms with Crippen molar-refractivity contribution in [3.8, 4) is 0 Å². The van der Waals surface area contributed by atoms with Crippen LogP contribution in [0, 0.1) is 36.9 Å². The largest absolute Gasteiger partial charge is 3.00 e. The number of nitrogens with zero attached hydrogens (tertiary/aromatic N) is 4. The van der Waals surface area contributed by atoms with Gasteiger partial charge in [0.15, 0.2) is 0 Å². The molecule has 0 amide bonds. The van der Waals surface area contributed by atoms with Crippen LogP contribution in [0.5, 0.6) is 0 Å². The molecule has 1 rings (SSSR count). The molecule has 1 aliphatic heterocycles. The normalized spacial score (nSPS) is 18.8. The van der Waals surface area contributed by atoms with Crippen molar-refractivity contribution in [3.63, 3.8) is 0 Å². The van der Waals surface area contributed by atoms with Crippen molar-refractivity contribution in [1.82, 2.24) is 19.6 Å². The van der Waals surface area contributed by atoms with E-state index in [0.29, 0.717) is 0 Å². The van der Waals surface area contributed by atoms with E-state index in [4.69, 9.17) is 0 Å². The number of carboxylic acid groups (broad SMARTS) is 4. The second-order valence-electron chi connectivity index (χ2n) is 6.59. The molecule has 1 aliphatic rings. The summed E-state index contributed by atoms with van der Waals surface area (Å²) in [5, 5.41) is 43.8. The van der Waals surface area contributed by atoms with Gasteiger partial charge in [-0.1, -0.05) is 0 Å². The number of rotatable bonds is 8. The van der Waals surface area contributed by atoms with Gasteiger partial charge in [0.1, 0.15) is 0 Å². The third kappa shape index (κ3) is 13.7. The van der Waals surface area contributed by atoms with Gasteiger partial charge in [0.2, 0.25) is 0 Å². The molecule has 0 unspecified atom stereocenters. The quantitative estimate of drug-likeness (QED) is 0.267. The van der Waals surface area contributed by atoms with Gasteiger partial charge in [0.05, 0.1) is 23.9 Å². The molecule has 0 radical (unpaired) electrons. The Morgan fingerprint density at radius 3 is 0.724 bits per heavy atom.